The van der Waals surface area contributed by atoms with Crippen molar-refractivity contribution in [2.45, 2.75) is 4.90 Å². The van der Waals surface area contributed by atoms with Crippen molar-refractivity contribution in [2.24, 2.45) is 0 Å². The zero-order valence-electron chi connectivity index (χ0n) is 14.8. The van der Waals surface area contributed by atoms with Gasteiger partial charge in [0.25, 0.3) is 15.9 Å². The van der Waals surface area contributed by atoms with Gasteiger partial charge in [0.05, 0.1) is 12.1 Å². The third-order valence-electron chi connectivity index (χ3n) is 3.84. The molecule has 0 saturated heterocycles. The van der Waals surface area contributed by atoms with E-state index in [4.69, 9.17) is 16.3 Å². The molecule has 0 saturated carbocycles. The van der Waals surface area contributed by atoms with E-state index < -0.39 is 15.9 Å². The number of carbonyl (C=O) groups is 1. The van der Waals surface area contributed by atoms with Crippen LogP contribution in [0.15, 0.2) is 77.7 Å². The van der Waals surface area contributed by atoms with Crippen LogP contribution in [0.2, 0.25) is 5.02 Å². The lowest BCUT2D eigenvalue weighted by molar-refractivity contribution is 0.102. The highest BCUT2D eigenvalue weighted by Crippen LogP contribution is 2.26. The van der Waals surface area contributed by atoms with E-state index in [-0.39, 0.29) is 15.5 Å². The smallest absolute Gasteiger partial charge is 0.263 e. The first-order chi connectivity index (χ1) is 13.4. The number of benzene rings is 3. The second-order valence-corrected chi connectivity index (χ2v) is 7.86. The Balaban J connectivity index is 1.87. The number of ether oxygens (including phenoxy) is 1. The van der Waals surface area contributed by atoms with Crippen LogP contribution in [-0.4, -0.2) is 21.4 Å². The minimum Gasteiger partial charge on any atom is -0.497 e. The number of methoxy groups -OCH3 is 1. The molecule has 0 aliphatic carbocycles. The molecule has 0 bridgehead atoms. The van der Waals surface area contributed by atoms with Crippen molar-refractivity contribution in [3.8, 4) is 5.75 Å². The number of carbonyl (C=O) groups excluding carboxylic acids is 1. The van der Waals surface area contributed by atoms with Gasteiger partial charge in [0.2, 0.25) is 0 Å². The van der Waals surface area contributed by atoms with Gasteiger partial charge in [-0.25, -0.2) is 8.42 Å². The van der Waals surface area contributed by atoms with Gasteiger partial charge in [-0.1, -0.05) is 35.9 Å². The lowest BCUT2D eigenvalue weighted by Crippen LogP contribution is -2.16. The topological polar surface area (TPSA) is 84.5 Å². The van der Waals surface area contributed by atoms with Gasteiger partial charge in [-0.05, 0) is 42.5 Å². The van der Waals surface area contributed by atoms with Crippen LogP contribution in [0.3, 0.4) is 0 Å². The van der Waals surface area contributed by atoms with E-state index >= 15 is 0 Å². The van der Waals surface area contributed by atoms with Gasteiger partial charge in [-0.3, -0.25) is 9.52 Å². The first-order valence-corrected chi connectivity index (χ1v) is 10.1. The summed E-state index contributed by atoms with van der Waals surface area (Å²) in [5, 5.41) is 2.72. The highest BCUT2D eigenvalue weighted by molar-refractivity contribution is 7.92. The maximum atomic E-state index is 12.7. The maximum absolute atomic E-state index is 12.7. The predicted molar refractivity (Wildman–Crippen MR) is 110 cm³/mol. The number of sulfonamides is 1. The highest BCUT2D eigenvalue weighted by Gasteiger charge is 2.20. The summed E-state index contributed by atoms with van der Waals surface area (Å²) in [6.07, 6.45) is 0. The van der Waals surface area contributed by atoms with Crippen molar-refractivity contribution in [3.63, 3.8) is 0 Å². The minimum absolute atomic E-state index is 0.0151. The molecule has 1 amide bonds. The monoisotopic (exact) mass is 416 g/mol. The molecule has 0 radical (unpaired) electrons. The summed E-state index contributed by atoms with van der Waals surface area (Å²) in [6, 6.07) is 19.3. The number of anilines is 2. The van der Waals surface area contributed by atoms with Crippen LogP contribution in [0.4, 0.5) is 11.4 Å². The van der Waals surface area contributed by atoms with E-state index in [1.807, 2.05) is 0 Å². The van der Waals surface area contributed by atoms with Gasteiger partial charge < -0.3 is 10.1 Å². The predicted octanol–water partition coefficient (Wildman–Crippen LogP) is 4.40. The van der Waals surface area contributed by atoms with Gasteiger partial charge in [-0.15, -0.1) is 0 Å². The highest BCUT2D eigenvalue weighted by atomic mass is 35.5. The molecule has 2 N–H and O–H groups in total. The van der Waals surface area contributed by atoms with Crippen LogP contribution in [-0.2, 0) is 10.0 Å². The summed E-state index contributed by atoms with van der Waals surface area (Å²) < 4.78 is 33.0. The zero-order chi connectivity index (χ0) is 20.1. The van der Waals surface area contributed by atoms with Crippen molar-refractivity contribution in [3.05, 3.63) is 83.4 Å². The number of hydrogen-bond acceptors (Lipinski definition) is 4. The molecule has 0 aliphatic heterocycles. The first-order valence-electron chi connectivity index (χ1n) is 8.22. The molecular weight excluding hydrogens is 400 g/mol. The Morgan fingerprint density at radius 3 is 2.36 bits per heavy atom. The van der Waals surface area contributed by atoms with E-state index in [1.165, 1.54) is 25.3 Å². The summed E-state index contributed by atoms with van der Waals surface area (Å²) in [5.41, 5.74) is 1.07. The third kappa shape index (κ3) is 4.62. The summed E-state index contributed by atoms with van der Waals surface area (Å²) >= 11 is 6.08. The molecule has 0 fully saturated rings. The van der Waals surface area contributed by atoms with Crippen LogP contribution in [0, 0.1) is 0 Å². The number of rotatable bonds is 6. The number of hydrogen-bond donors (Lipinski definition) is 2. The molecule has 0 atom stereocenters. The zero-order valence-corrected chi connectivity index (χ0v) is 16.4. The molecule has 0 aliphatic rings. The second kappa shape index (κ2) is 8.33. The van der Waals surface area contributed by atoms with E-state index in [9.17, 15) is 13.2 Å². The normalized spacial score (nSPS) is 10.9. The summed E-state index contributed by atoms with van der Waals surface area (Å²) in [6.45, 7) is 0. The van der Waals surface area contributed by atoms with E-state index in [0.29, 0.717) is 17.1 Å². The maximum Gasteiger partial charge on any atom is 0.263 e. The van der Waals surface area contributed by atoms with Crippen LogP contribution in [0.25, 0.3) is 0 Å². The van der Waals surface area contributed by atoms with Crippen LogP contribution < -0.4 is 14.8 Å². The molecule has 3 aromatic carbocycles. The molecule has 3 rings (SSSR count). The molecule has 0 heterocycles. The Hall–Kier alpha value is -3.03. The fourth-order valence-electron chi connectivity index (χ4n) is 2.47. The van der Waals surface area contributed by atoms with Crippen LogP contribution >= 0.6 is 11.6 Å². The third-order valence-corrected chi connectivity index (χ3v) is 5.70. The number of amides is 1. The minimum atomic E-state index is -3.97. The molecular formula is C20H17ClN2O4S. The molecule has 144 valence electrons. The summed E-state index contributed by atoms with van der Waals surface area (Å²) in [7, 11) is -2.44. The van der Waals surface area contributed by atoms with Gasteiger partial charge >= 0.3 is 0 Å². The summed E-state index contributed by atoms with van der Waals surface area (Å²) in [4.78, 5) is 12.4. The molecule has 0 spiro atoms. The number of para-hydroxylation sites is 1. The largest absolute Gasteiger partial charge is 0.497 e. The van der Waals surface area contributed by atoms with Crippen molar-refractivity contribution in [1.29, 1.82) is 0 Å². The first kappa shape index (κ1) is 19.7. The van der Waals surface area contributed by atoms with Gasteiger partial charge in [0, 0.05) is 23.0 Å². The molecule has 0 unspecified atom stereocenters. The number of nitrogens with one attached hydrogen (secondary N) is 2. The Morgan fingerprint density at radius 2 is 1.64 bits per heavy atom. The average Bonchev–Trinajstić information content (AvgIpc) is 2.68. The van der Waals surface area contributed by atoms with Crippen LogP contribution in [0.1, 0.15) is 10.4 Å². The fourth-order valence-corrected chi connectivity index (χ4v) is 4.06. The Bertz CT molecular complexity index is 1100. The van der Waals surface area contributed by atoms with E-state index in [2.05, 4.69) is 10.0 Å². The van der Waals surface area contributed by atoms with Crippen molar-refractivity contribution >= 4 is 38.9 Å². The van der Waals surface area contributed by atoms with Crippen molar-refractivity contribution in [2.75, 3.05) is 17.1 Å². The lowest BCUT2D eigenvalue weighted by atomic mass is 10.2. The summed E-state index contributed by atoms with van der Waals surface area (Å²) in [5.74, 6) is 0.116. The Kier molecular flexibility index (Phi) is 5.87. The molecule has 0 aromatic heterocycles. The molecule has 8 heteroatoms. The molecule has 6 nitrogen and oxygen atoms in total. The SMILES string of the molecule is COc1cccc(NC(=O)c2ccc(Cl)c(S(=O)(=O)Nc3ccccc3)c2)c1. The van der Waals surface area contributed by atoms with Gasteiger partial charge in [-0.2, -0.15) is 0 Å². The second-order valence-electron chi connectivity index (χ2n) is 5.80. The van der Waals surface area contributed by atoms with E-state index in [0.717, 1.165) is 0 Å². The van der Waals surface area contributed by atoms with Crippen LogP contribution in [0.5, 0.6) is 5.75 Å². The van der Waals surface area contributed by atoms with Gasteiger partial charge in [0.15, 0.2) is 0 Å². The quantitative estimate of drug-likeness (QED) is 0.623. The lowest BCUT2D eigenvalue weighted by Gasteiger charge is -2.12. The Morgan fingerprint density at radius 1 is 0.929 bits per heavy atom. The van der Waals surface area contributed by atoms with E-state index in [1.54, 1.807) is 54.6 Å². The molecule has 28 heavy (non-hydrogen) atoms. The average molecular weight is 417 g/mol. The van der Waals surface area contributed by atoms with Crippen molar-refractivity contribution < 1.29 is 17.9 Å². The fraction of sp³-hybridized carbons (Fsp3) is 0.0500. The standard InChI is InChI=1S/C20H17ClN2O4S/c1-27-17-9-5-8-16(13-17)22-20(24)14-10-11-18(21)19(12-14)28(25,26)23-15-6-3-2-4-7-15/h2-13,23H,1H3,(H,22,24). The number of halogens is 1. The van der Waals surface area contributed by atoms with Gasteiger partial charge in [0.1, 0.15) is 10.6 Å². The molecule has 3 aromatic rings. The van der Waals surface area contributed by atoms with Crippen molar-refractivity contribution in [1.82, 2.24) is 0 Å². The Labute approximate surface area is 168 Å².